The molecule has 4 aliphatic carbocycles. The molecule has 18 atom stereocenters. The number of rotatable bonds is 14. The van der Waals surface area contributed by atoms with Gasteiger partial charge in [0.15, 0.2) is 0 Å². The fourth-order valence-corrected chi connectivity index (χ4v) is 14.0. The molecule has 0 amide bonds. The molecule has 14 nitrogen and oxygen atoms in total. The molecule has 0 aromatic heterocycles. The molecule has 7 aliphatic rings. The molecule has 58 heavy (non-hydrogen) atoms. The van der Waals surface area contributed by atoms with Crippen LogP contribution in [0.15, 0.2) is 12.2 Å². The van der Waals surface area contributed by atoms with Gasteiger partial charge in [-0.25, -0.2) is 0 Å². The van der Waals surface area contributed by atoms with Crippen molar-refractivity contribution in [3.8, 4) is 0 Å². The number of ether oxygens (including phenoxy) is 4. The molecule has 332 valence electrons. The van der Waals surface area contributed by atoms with Crippen LogP contribution in [0.4, 0.5) is 0 Å². The van der Waals surface area contributed by atoms with Crippen LogP contribution in [-0.2, 0) is 23.7 Å². The third-order valence-corrected chi connectivity index (χ3v) is 16.4. The molecule has 3 saturated heterocycles. The highest BCUT2D eigenvalue weighted by Gasteiger charge is 2.69. The quantitative estimate of drug-likeness (QED) is 0.0907. The van der Waals surface area contributed by atoms with Crippen LogP contribution in [0.5, 0.6) is 0 Å². The molecule has 0 aromatic rings. The lowest BCUT2D eigenvalue weighted by Crippen LogP contribution is -2.70. The topological polar surface area (TPSA) is 225 Å². The highest BCUT2D eigenvalue weighted by molar-refractivity contribution is 5.75. The summed E-state index contributed by atoms with van der Waals surface area (Å²) in [5, 5.41) is 71.5. The fourth-order valence-electron chi connectivity index (χ4n) is 14.0. The molecule has 0 bridgehead atoms. The molecule has 14 heteroatoms. The van der Waals surface area contributed by atoms with Gasteiger partial charge in [0.2, 0.25) is 0 Å². The minimum absolute atomic E-state index is 0.0178. The van der Waals surface area contributed by atoms with Crippen molar-refractivity contribution in [2.75, 3.05) is 33.7 Å². The first kappa shape index (κ1) is 44.8. The molecule has 6 fully saturated rings. The summed E-state index contributed by atoms with van der Waals surface area (Å²) >= 11 is 0. The van der Waals surface area contributed by atoms with E-state index >= 15 is 0 Å². The molecule has 3 heterocycles. The maximum Gasteiger partial charge on any atom is 0.311 e. The van der Waals surface area contributed by atoms with E-state index < -0.39 is 54.6 Å². The average Bonchev–Trinajstić information content (AvgIpc) is 3.84. The highest BCUT2D eigenvalue weighted by Crippen LogP contribution is 2.69. The highest BCUT2D eigenvalue weighted by atomic mass is 16.6. The Labute approximate surface area is 345 Å². The van der Waals surface area contributed by atoms with Gasteiger partial charge in [-0.05, 0) is 132 Å². The normalized spacial score (nSPS) is 46.9. The number of hydrogen-bond donors (Lipinski definition) is 9. The second kappa shape index (κ2) is 19.4. The van der Waals surface area contributed by atoms with E-state index in [0.29, 0.717) is 44.4 Å². The summed E-state index contributed by atoms with van der Waals surface area (Å²) in [6.07, 6.45) is 12.1. The van der Waals surface area contributed by atoms with Crippen molar-refractivity contribution < 1.29 is 54.4 Å². The van der Waals surface area contributed by atoms with E-state index in [1.165, 1.54) is 0 Å². The number of nitrogens with one attached hydrogen (secondary N) is 2. The standard InChI is InChI=1S/C44H75N3O11/c1-25-22-43(13-3-4-14-43)44(31(8-9-32(44)42(53)54)27-11-15-46-39(45)20-27)38(47-25)23-56-37-19-28(18-36(55-2)40(37)52)41-30(12-16-48)34(51)21-29(58-41)7-5-26-6-10-33(50)35(17-26)57-24-49/h8-9,25-41,46-52H,3-7,10-24,45H2,1-2H3,(H,53,54). The Bertz CT molecular complexity index is 1370. The molecule has 7 rings (SSSR count). The number of methoxy groups -OCH3 is 1. The summed E-state index contributed by atoms with van der Waals surface area (Å²) in [5.74, 6) is -1.33. The average molecular weight is 822 g/mol. The number of hydrogen-bond acceptors (Lipinski definition) is 13. The van der Waals surface area contributed by atoms with Crippen LogP contribution >= 0.6 is 0 Å². The number of nitrogens with two attached hydrogens (primary N) is 1. The number of carboxylic acids is 1. The minimum Gasteiger partial charge on any atom is -0.481 e. The predicted molar refractivity (Wildman–Crippen MR) is 215 cm³/mol. The lowest BCUT2D eigenvalue weighted by molar-refractivity contribution is -0.206. The molecular weight excluding hydrogens is 746 g/mol. The van der Waals surface area contributed by atoms with Crippen LogP contribution < -0.4 is 16.4 Å². The van der Waals surface area contributed by atoms with Crippen LogP contribution in [-0.4, -0.2) is 137 Å². The van der Waals surface area contributed by atoms with Gasteiger partial charge in [0, 0.05) is 37.1 Å². The van der Waals surface area contributed by atoms with E-state index in [2.05, 4.69) is 23.6 Å². The molecule has 18 unspecified atom stereocenters. The van der Waals surface area contributed by atoms with Crippen molar-refractivity contribution >= 4 is 5.97 Å². The number of aliphatic carboxylic acids is 1. The summed E-state index contributed by atoms with van der Waals surface area (Å²) in [7, 11) is 1.60. The number of aliphatic hydroxyl groups excluding tert-OH is 5. The van der Waals surface area contributed by atoms with Crippen LogP contribution in [0.25, 0.3) is 0 Å². The smallest absolute Gasteiger partial charge is 0.311 e. The van der Waals surface area contributed by atoms with E-state index in [-0.39, 0.29) is 78.9 Å². The third-order valence-electron chi connectivity index (χ3n) is 16.4. The van der Waals surface area contributed by atoms with E-state index in [1.807, 2.05) is 6.08 Å². The SMILES string of the molecule is COC1CC(C2OC(CCC3CCC(O)C(OCO)C3)CC(O)C2CCO)CC(OCC2NC(C)CC3(CCCC3)C23C(C(=O)O)C=CC3C2CCNC(N)C2)C1O. The predicted octanol–water partition coefficient (Wildman–Crippen LogP) is 2.42. The summed E-state index contributed by atoms with van der Waals surface area (Å²) in [6, 6.07) is -0.114. The number of aliphatic hydroxyl groups is 5. The largest absolute Gasteiger partial charge is 0.481 e. The Balaban J connectivity index is 1.11. The van der Waals surface area contributed by atoms with Crippen molar-refractivity contribution in [1.29, 1.82) is 0 Å². The summed E-state index contributed by atoms with van der Waals surface area (Å²) < 4.78 is 25.2. The van der Waals surface area contributed by atoms with Gasteiger partial charge in [-0.3, -0.25) is 4.79 Å². The zero-order valence-corrected chi connectivity index (χ0v) is 34.9. The van der Waals surface area contributed by atoms with E-state index in [0.717, 1.165) is 70.8 Å². The van der Waals surface area contributed by atoms with Gasteiger partial charge in [0.05, 0.1) is 61.4 Å². The van der Waals surface area contributed by atoms with Crippen molar-refractivity contribution in [3.63, 3.8) is 0 Å². The van der Waals surface area contributed by atoms with Crippen LogP contribution in [0.2, 0.25) is 0 Å². The summed E-state index contributed by atoms with van der Waals surface area (Å²) in [6.45, 7) is 2.75. The summed E-state index contributed by atoms with van der Waals surface area (Å²) in [5.41, 5.74) is 5.70. The molecule has 2 spiro atoms. The first-order valence-electron chi connectivity index (χ1n) is 22.8. The van der Waals surface area contributed by atoms with Gasteiger partial charge in [-0.15, -0.1) is 0 Å². The Morgan fingerprint density at radius 2 is 1.67 bits per heavy atom. The van der Waals surface area contributed by atoms with E-state index in [9.17, 15) is 35.4 Å². The lowest BCUT2D eigenvalue weighted by atomic mass is 9.45. The molecule has 0 radical (unpaired) electrons. The van der Waals surface area contributed by atoms with E-state index in [4.69, 9.17) is 24.7 Å². The van der Waals surface area contributed by atoms with Gasteiger partial charge in [0.25, 0.3) is 0 Å². The van der Waals surface area contributed by atoms with Gasteiger partial charge < -0.3 is 66.0 Å². The Kier molecular flexibility index (Phi) is 15.0. The molecule has 3 saturated carbocycles. The molecule has 3 aliphatic heterocycles. The first-order chi connectivity index (χ1) is 27.9. The van der Waals surface area contributed by atoms with Crippen molar-refractivity contribution in [3.05, 3.63) is 12.2 Å². The molecular formula is C44H75N3O11. The van der Waals surface area contributed by atoms with Gasteiger partial charge >= 0.3 is 5.97 Å². The van der Waals surface area contributed by atoms with Gasteiger partial charge in [-0.1, -0.05) is 25.0 Å². The Hall–Kier alpha value is -1.27. The number of carbonyl (C=O) groups is 1. The van der Waals surface area contributed by atoms with E-state index in [1.54, 1.807) is 7.11 Å². The maximum atomic E-state index is 13.4. The zero-order chi connectivity index (χ0) is 41.2. The number of piperidine rings is 2. The second-order valence-electron chi connectivity index (χ2n) is 19.5. The maximum absolute atomic E-state index is 13.4. The summed E-state index contributed by atoms with van der Waals surface area (Å²) in [4.78, 5) is 13.4. The number of carboxylic acid groups (broad SMARTS) is 1. The van der Waals surface area contributed by atoms with Crippen LogP contribution in [0, 0.1) is 46.3 Å². The van der Waals surface area contributed by atoms with Crippen molar-refractivity contribution in [2.24, 2.45) is 52.1 Å². The van der Waals surface area contributed by atoms with Gasteiger partial charge in [-0.2, -0.15) is 0 Å². The second-order valence-corrected chi connectivity index (χ2v) is 19.5. The zero-order valence-electron chi connectivity index (χ0n) is 34.9. The Morgan fingerprint density at radius 1 is 0.897 bits per heavy atom. The first-order valence-corrected chi connectivity index (χ1v) is 22.8. The number of fused-ring (bicyclic) bond motifs is 1. The monoisotopic (exact) mass is 822 g/mol. The van der Waals surface area contributed by atoms with Crippen molar-refractivity contribution in [1.82, 2.24) is 10.6 Å². The molecule has 0 aromatic carbocycles. The van der Waals surface area contributed by atoms with Crippen molar-refractivity contribution in [2.45, 2.75) is 177 Å². The lowest BCUT2D eigenvalue weighted by Gasteiger charge is -2.63. The fraction of sp³-hybridized carbons (Fsp3) is 0.932. The Morgan fingerprint density at radius 3 is 2.38 bits per heavy atom. The molecule has 10 N–H and O–H groups in total. The number of allylic oxidation sites excluding steroid dienone is 1. The van der Waals surface area contributed by atoms with Crippen LogP contribution in [0.3, 0.4) is 0 Å². The minimum atomic E-state index is -0.912. The van der Waals surface area contributed by atoms with Gasteiger partial charge in [0.1, 0.15) is 12.9 Å². The van der Waals surface area contributed by atoms with Crippen LogP contribution in [0.1, 0.15) is 110 Å². The third kappa shape index (κ3) is 8.83.